The second-order valence-corrected chi connectivity index (χ2v) is 8.66. The quantitative estimate of drug-likeness (QED) is 0.456. The number of hydrogen-bond donors (Lipinski definition) is 3. The molecule has 2 aliphatic rings. The van der Waals surface area contributed by atoms with Gasteiger partial charge in [0.25, 0.3) is 5.91 Å². The van der Waals surface area contributed by atoms with E-state index in [4.69, 9.17) is 4.74 Å². The standard InChI is InChI=1S/C23H35N5O3/c1-24-22(26-16-23(11-4-5-12-23)21(30)28(2)3)25-15-17-8-6-9-18(14-17)27-20(29)19-10-7-13-31-19/h6,8-9,14,19H,4-5,7,10-13,15-16H2,1-3H3,(H,27,29)(H2,24,25,26). The van der Waals surface area contributed by atoms with Crippen LogP contribution in [0.25, 0.3) is 0 Å². The van der Waals surface area contributed by atoms with Crippen LogP contribution in [0.2, 0.25) is 0 Å². The lowest BCUT2D eigenvalue weighted by Crippen LogP contribution is -2.49. The van der Waals surface area contributed by atoms with Crippen molar-refractivity contribution in [3.63, 3.8) is 0 Å². The topological polar surface area (TPSA) is 95.1 Å². The molecular formula is C23H35N5O3. The van der Waals surface area contributed by atoms with Crippen molar-refractivity contribution in [3.05, 3.63) is 29.8 Å². The first kappa shape index (κ1) is 23.1. The van der Waals surface area contributed by atoms with Crippen molar-refractivity contribution in [2.45, 2.75) is 51.2 Å². The number of aliphatic imine (C=N–C) groups is 1. The zero-order chi connectivity index (χ0) is 22.3. The van der Waals surface area contributed by atoms with Crippen molar-refractivity contribution < 1.29 is 14.3 Å². The van der Waals surface area contributed by atoms with Crippen molar-refractivity contribution >= 4 is 23.5 Å². The lowest BCUT2D eigenvalue weighted by atomic mass is 9.84. The first-order chi connectivity index (χ1) is 14.9. The molecule has 1 heterocycles. The van der Waals surface area contributed by atoms with Gasteiger partial charge < -0.3 is 25.6 Å². The normalized spacial score (nSPS) is 20.4. The van der Waals surface area contributed by atoms with Gasteiger partial charge in [-0.05, 0) is 43.4 Å². The van der Waals surface area contributed by atoms with Gasteiger partial charge in [0.1, 0.15) is 6.10 Å². The van der Waals surface area contributed by atoms with Gasteiger partial charge in [0, 0.05) is 46.5 Å². The molecule has 2 fully saturated rings. The summed E-state index contributed by atoms with van der Waals surface area (Å²) in [5, 5.41) is 9.59. The molecule has 0 aromatic heterocycles. The average Bonchev–Trinajstić information content (AvgIpc) is 3.46. The third-order valence-electron chi connectivity index (χ3n) is 6.11. The van der Waals surface area contributed by atoms with Crippen molar-refractivity contribution in [3.8, 4) is 0 Å². The lowest BCUT2D eigenvalue weighted by molar-refractivity contribution is -0.138. The molecule has 1 saturated heterocycles. The van der Waals surface area contributed by atoms with Gasteiger partial charge in [-0.3, -0.25) is 14.6 Å². The summed E-state index contributed by atoms with van der Waals surface area (Å²) >= 11 is 0. The van der Waals surface area contributed by atoms with Crippen LogP contribution in [0.15, 0.2) is 29.3 Å². The number of benzene rings is 1. The van der Waals surface area contributed by atoms with E-state index in [2.05, 4.69) is 20.9 Å². The van der Waals surface area contributed by atoms with E-state index >= 15 is 0 Å². The van der Waals surface area contributed by atoms with Crippen molar-refractivity contribution in [1.29, 1.82) is 0 Å². The summed E-state index contributed by atoms with van der Waals surface area (Å²) in [6.45, 7) is 1.77. The minimum Gasteiger partial charge on any atom is -0.368 e. The van der Waals surface area contributed by atoms with Crippen LogP contribution in [0.5, 0.6) is 0 Å². The number of amides is 2. The Kier molecular flexibility index (Phi) is 7.90. The molecule has 0 bridgehead atoms. The van der Waals surface area contributed by atoms with E-state index in [1.807, 2.05) is 38.4 Å². The SMILES string of the molecule is CN=C(NCc1cccc(NC(=O)C2CCCO2)c1)NCC1(C(=O)N(C)C)CCCC1. The van der Waals surface area contributed by atoms with Crippen molar-refractivity contribution in [2.24, 2.45) is 10.4 Å². The number of hydrogen-bond acceptors (Lipinski definition) is 4. The molecule has 1 aliphatic heterocycles. The molecule has 31 heavy (non-hydrogen) atoms. The minimum absolute atomic E-state index is 0.0903. The van der Waals surface area contributed by atoms with E-state index in [-0.39, 0.29) is 23.3 Å². The fourth-order valence-corrected chi connectivity index (χ4v) is 4.42. The highest BCUT2D eigenvalue weighted by molar-refractivity contribution is 5.94. The lowest BCUT2D eigenvalue weighted by Gasteiger charge is -2.31. The molecule has 3 N–H and O–H groups in total. The first-order valence-electron chi connectivity index (χ1n) is 11.1. The molecule has 1 saturated carbocycles. The predicted molar refractivity (Wildman–Crippen MR) is 122 cm³/mol. The maximum Gasteiger partial charge on any atom is 0.253 e. The maximum absolute atomic E-state index is 12.8. The monoisotopic (exact) mass is 429 g/mol. The molecule has 1 aromatic carbocycles. The van der Waals surface area contributed by atoms with Gasteiger partial charge in [-0.1, -0.05) is 25.0 Å². The van der Waals surface area contributed by atoms with E-state index in [0.29, 0.717) is 25.7 Å². The highest BCUT2D eigenvalue weighted by Gasteiger charge is 2.42. The van der Waals surface area contributed by atoms with Gasteiger partial charge in [-0.15, -0.1) is 0 Å². The molecule has 1 atom stereocenters. The van der Waals surface area contributed by atoms with E-state index in [9.17, 15) is 9.59 Å². The van der Waals surface area contributed by atoms with Crippen LogP contribution in [0.3, 0.4) is 0 Å². The number of nitrogens with one attached hydrogen (secondary N) is 3. The van der Waals surface area contributed by atoms with Crippen LogP contribution in [-0.4, -0.2) is 63.1 Å². The van der Waals surface area contributed by atoms with Crippen LogP contribution in [0.4, 0.5) is 5.69 Å². The summed E-state index contributed by atoms with van der Waals surface area (Å²) in [5.74, 6) is 0.752. The van der Waals surface area contributed by atoms with Gasteiger partial charge >= 0.3 is 0 Å². The van der Waals surface area contributed by atoms with Gasteiger partial charge in [0.15, 0.2) is 5.96 Å². The summed E-state index contributed by atoms with van der Waals surface area (Å²) in [7, 11) is 5.36. The summed E-state index contributed by atoms with van der Waals surface area (Å²) in [5.41, 5.74) is 1.42. The Hall–Kier alpha value is -2.61. The van der Waals surface area contributed by atoms with Gasteiger partial charge in [-0.25, -0.2) is 0 Å². The summed E-state index contributed by atoms with van der Waals surface area (Å²) in [6, 6.07) is 7.74. The third kappa shape index (κ3) is 5.97. The fraction of sp³-hybridized carbons (Fsp3) is 0.609. The second kappa shape index (κ2) is 10.6. The zero-order valence-corrected chi connectivity index (χ0v) is 18.9. The number of nitrogens with zero attached hydrogens (tertiary/aromatic N) is 2. The molecule has 1 aromatic rings. The van der Waals surface area contributed by atoms with E-state index < -0.39 is 0 Å². The number of anilines is 1. The number of carbonyl (C=O) groups excluding carboxylic acids is 2. The number of carbonyl (C=O) groups is 2. The highest BCUT2D eigenvalue weighted by Crippen LogP contribution is 2.38. The highest BCUT2D eigenvalue weighted by atomic mass is 16.5. The Bertz CT molecular complexity index is 796. The largest absolute Gasteiger partial charge is 0.368 e. The smallest absolute Gasteiger partial charge is 0.253 e. The summed E-state index contributed by atoms with van der Waals surface area (Å²) < 4.78 is 5.44. The predicted octanol–water partition coefficient (Wildman–Crippen LogP) is 2.12. The third-order valence-corrected chi connectivity index (χ3v) is 6.11. The first-order valence-corrected chi connectivity index (χ1v) is 11.1. The molecule has 0 spiro atoms. The van der Waals surface area contributed by atoms with Crippen LogP contribution in [-0.2, 0) is 20.9 Å². The Morgan fingerprint density at radius 2 is 1.97 bits per heavy atom. The number of ether oxygens (including phenoxy) is 1. The molecule has 8 nitrogen and oxygen atoms in total. The molecule has 1 unspecified atom stereocenters. The Balaban J connectivity index is 1.53. The van der Waals surface area contributed by atoms with Crippen LogP contribution in [0, 0.1) is 5.41 Å². The molecule has 3 rings (SSSR count). The van der Waals surface area contributed by atoms with Crippen molar-refractivity contribution in [2.75, 3.05) is 39.6 Å². The summed E-state index contributed by atoms with van der Waals surface area (Å²) in [4.78, 5) is 31.0. The van der Waals surface area contributed by atoms with Crippen LogP contribution < -0.4 is 16.0 Å². The Morgan fingerprint density at radius 3 is 2.61 bits per heavy atom. The van der Waals surface area contributed by atoms with Crippen LogP contribution in [0.1, 0.15) is 44.1 Å². The maximum atomic E-state index is 12.8. The Morgan fingerprint density at radius 1 is 1.19 bits per heavy atom. The number of rotatable bonds is 7. The summed E-state index contributed by atoms with van der Waals surface area (Å²) in [6.07, 6.45) is 5.32. The van der Waals surface area contributed by atoms with Crippen LogP contribution >= 0.6 is 0 Å². The molecular weight excluding hydrogens is 394 g/mol. The molecule has 170 valence electrons. The molecule has 0 radical (unpaired) electrons. The molecule has 2 amide bonds. The van der Waals surface area contributed by atoms with Gasteiger partial charge in [0.05, 0.1) is 5.41 Å². The van der Waals surface area contributed by atoms with Gasteiger partial charge in [-0.2, -0.15) is 0 Å². The van der Waals surface area contributed by atoms with E-state index in [1.165, 1.54) is 0 Å². The molecule has 8 heteroatoms. The van der Waals surface area contributed by atoms with Crippen molar-refractivity contribution in [1.82, 2.24) is 15.5 Å². The number of guanidine groups is 1. The van der Waals surface area contributed by atoms with E-state index in [0.717, 1.165) is 49.8 Å². The fourth-order valence-electron chi connectivity index (χ4n) is 4.42. The van der Waals surface area contributed by atoms with E-state index in [1.54, 1.807) is 11.9 Å². The second-order valence-electron chi connectivity index (χ2n) is 8.66. The minimum atomic E-state index is -0.354. The Labute approximate surface area is 184 Å². The van der Waals surface area contributed by atoms with Gasteiger partial charge in [0.2, 0.25) is 5.91 Å². The zero-order valence-electron chi connectivity index (χ0n) is 18.9. The average molecular weight is 430 g/mol. The molecule has 1 aliphatic carbocycles.